The summed E-state index contributed by atoms with van der Waals surface area (Å²) < 4.78 is 44.7. The molecule has 2 nitrogen and oxygen atoms in total. The Hall–Kier alpha value is -1.27. The van der Waals surface area contributed by atoms with Crippen molar-refractivity contribution in [3.8, 4) is 0 Å². The number of rotatable bonds is 2. The molecule has 1 unspecified atom stereocenters. The van der Waals surface area contributed by atoms with E-state index in [9.17, 15) is 13.2 Å². The Labute approximate surface area is 103 Å². The fourth-order valence-electron chi connectivity index (χ4n) is 1.42. The number of benzene rings is 1. The summed E-state index contributed by atoms with van der Waals surface area (Å²) in [7, 11) is 0. The van der Waals surface area contributed by atoms with Crippen LogP contribution in [-0.2, 0) is 0 Å². The summed E-state index contributed by atoms with van der Waals surface area (Å²) in [6, 6.07) is 3.30. The molecule has 0 fully saturated rings. The number of nitrogens with two attached hydrogens (primary N) is 1. The van der Waals surface area contributed by atoms with Gasteiger partial charge in [-0.25, -0.2) is 13.2 Å². The van der Waals surface area contributed by atoms with Gasteiger partial charge in [0.1, 0.15) is 11.6 Å². The van der Waals surface area contributed by atoms with E-state index in [1.54, 1.807) is 6.07 Å². The highest BCUT2D eigenvalue weighted by Gasteiger charge is 2.19. The van der Waals surface area contributed by atoms with E-state index >= 15 is 0 Å². The van der Waals surface area contributed by atoms with Crippen LogP contribution in [0.5, 0.6) is 0 Å². The monoisotopic (exact) mass is 305 g/mol. The third-order valence-corrected chi connectivity index (χ3v) is 2.70. The van der Waals surface area contributed by atoms with E-state index in [1.807, 2.05) is 0 Å². The van der Waals surface area contributed by atoms with Crippen molar-refractivity contribution in [1.82, 2.24) is 0 Å². The highest BCUT2D eigenvalue weighted by molar-refractivity contribution is 9.10. The molecule has 0 radical (unpaired) electrons. The summed E-state index contributed by atoms with van der Waals surface area (Å²) in [5.41, 5.74) is 5.54. The zero-order chi connectivity index (χ0) is 12.6. The van der Waals surface area contributed by atoms with Crippen molar-refractivity contribution >= 4 is 15.9 Å². The Morgan fingerprint density at radius 2 is 1.71 bits per heavy atom. The summed E-state index contributed by atoms with van der Waals surface area (Å²) in [6.07, 6.45) is 0. The first kappa shape index (κ1) is 12.2. The molecule has 0 aliphatic heterocycles. The zero-order valence-electron chi connectivity index (χ0n) is 8.38. The van der Waals surface area contributed by atoms with Crippen LogP contribution in [0.3, 0.4) is 0 Å². The second-order valence-electron chi connectivity index (χ2n) is 3.41. The van der Waals surface area contributed by atoms with Gasteiger partial charge in [-0.3, -0.25) is 0 Å². The van der Waals surface area contributed by atoms with Gasteiger partial charge in [-0.15, -0.1) is 0 Å². The van der Waals surface area contributed by atoms with Gasteiger partial charge < -0.3 is 10.2 Å². The van der Waals surface area contributed by atoms with Crippen LogP contribution in [0.1, 0.15) is 17.4 Å². The average molecular weight is 306 g/mol. The second kappa shape index (κ2) is 4.54. The summed E-state index contributed by atoms with van der Waals surface area (Å²) in [4.78, 5) is 0. The van der Waals surface area contributed by atoms with Crippen LogP contribution in [0.2, 0.25) is 0 Å². The number of hydrogen-bond acceptors (Lipinski definition) is 2. The van der Waals surface area contributed by atoms with E-state index < -0.39 is 23.5 Å². The van der Waals surface area contributed by atoms with Crippen molar-refractivity contribution in [3.05, 3.63) is 57.7 Å². The quantitative estimate of drug-likeness (QED) is 0.862. The molecule has 90 valence electrons. The lowest BCUT2D eigenvalue weighted by Crippen LogP contribution is -2.13. The molecule has 1 aromatic carbocycles. The largest absolute Gasteiger partial charge is 0.452 e. The number of halogens is 4. The van der Waals surface area contributed by atoms with Crippen molar-refractivity contribution in [2.24, 2.45) is 5.73 Å². The maximum atomic E-state index is 13.4. The highest BCUT2D eigenvalue weighted by atomic mass is 79.9. The smallest absolute Gasteiger partial charge is 0.169 e. The highest BCUT2D eigenvalue weighted by Crippen LogP contribution is 2.27. The molecule has 2 rings (SSSR count). The van der Waals surface area contributed by atoms with Crippen molar-refractivity contribution in [1.29, 1.82) is 0 Å². The Morgan fingerprint density at radius 1 is 1.06 bits per heavy atom. The third-order valence-electron chi connectivity index (χ3n) is 2.28. The van der Waals surface area contributed by atoms with Gasteiger partial charge in [0.2, 0.25) is 0 Å². The van der Waals surface area contributed by atoms with Crippen LogP contribution in [0.25, 0.3) is 0 Å². The molecule has 0 aliphatic carbocycles. The van der Waals surface area contributed by atoms with Crippen LogP contribution in [0, 0.1) is 17.5 Å². The number of furan rings is 1. The molecule has 17 heavy (non-hydrogen) atoms. The lowest BCUT2D eigenvalue weighted by molar-refractivity contribution is 0.453. The van der Waals surface area contributed by atoms with E-state index in [0.717, 1.165) is 6.07 Å². The molecule has 0 amide bonds. The van der Waals surface area contributed by atoms with Gasteiger partial charge >= 0.3 is 0 Å². The molecule has 1 aromatic heterocycles. The summed E-state index contributed by atoms with van der Waals surface area (Å²) in [5.74, 6) is -3.06. The molecule has 6 heteroatoms. The first-order chi connectivity index (χ1) is 7.99. The first-order valence-electron chi connectivity index (χ1n) is 4.64. The fraction of sp³-hybridized carbons (Fsp3) is 0.0909. The Balaban J connectivity index is 2.43. The van der Waals surface area contributed by atoms with Crippen molar-refractivity contribution in [3.63, 3.8) is 0 Å². The number of hydrogen-bond donors (Lipinski definition) is 1. The van der Waals surface area contributed by atoms with Crippen LogP contribution in [0.4, 0.5) is 13.2 Å². The van der Waals surface area contributed by atoms with Crippen LogP contribution in [0.15, 0.2) is 33.4 Å². The van der Waals surface area contributed by atoms with Gasteiger partial charge in [0.15, 0.2) is 16.3 Å². The molecule has 1 atom stereocenters. The maximum absolute atomic E-state index is 13.4. The van der Waals surface area contributed by atoms with Gasteiger partial charge in [0.05, 0.1) is 6.04 Å². The standard InChI is InChI=1S/C11H7BrF3NO/c12-10-2-1-9(17-10)11(16)5-3-7(14)8(15)4-6(5)13/h1-4,11H,16H2. The Morgan fingerprint density at radius 3 is 2.29 bits per heavy atom. The van der Waals surface area contributed by atoms with Gasteiger partial charge in [0, 0.05) is 11.6 Å². The predicted molar refractivity (Wildman–Crippen MR) is 58.8 cm³/mol. The molecule has 2 aromatic rings. The van der Waals surface area contributed by atoms with Gasteiger partial charge in [-0.2, -0.15) is 0 Å². The topological polar surface area (TPSA) is 39.2 Å². The maximum Gasteiger partial charge on any atom is 0.169 e. The van der Waals surface area contributed by atoms with Gasteiger partial charge in [-0.05, 0) is 34.1 Å². The normalized spacial score (nSPS) is 12.8. The average Bonchev–Trinajstić information content (AvgIpc) is 2.69. The van der Waals surface area contributed by atoms with Crippen LogP contribution >= 0.6 is 15.9 Å². The fourth-order valence-corrected chi connectivity index (χ4v) is 1.74. The molecule has 0 spiro atoms. The van der Waals surface area contributed by atoms with Crippen molar-refractivity contribution in [2.75, 3.05) is 0 Å². The summed E-state index contributed by atoms with van der Waals surface area (Å²) >= 11 is 3.07. The molecule has 2 N–H and O–H groups in total. The van der Waals surface area contributed by atoms with E-state index in [2.05, 4.69) is 15.9 Å². The predicted octanol–water partition coefficient (Wildman–Crippen LogP) is 3.51. The Kier molecular flexibility index (Phi) is 3.26. The third kappa shape index (κ3) is 2.37. The second-order valence-corrected chi connectivity index (χ2v) is 4.19. The Bertz CT molecular complexity index is 556. The summed E-state index contributed by atoms with van der Waals surface area (Å²) in [5, 5.41) is 0. The lowest BCUT2D eigenvalue weighted by atomic mass is 10.0. The minimum atomic E-state index is -1.25. The molecule has 0 aliphatic rings. The van der Waals surface area contributed by atoms with Crippen LogP contribution < -0.4 is 5.73 Å². The van der Waals surface area contributed by atoms with Crippen molar-refractivity contribution < 1.29 is 17.6 Å². The van der Waals surface area contributed by atoms with Crippen molar-refractivity contribution in [2.45, 2.75) is 6.04 Å². The SMILES string of the molecule is NC(c1ccc(Br)o1)c1cc(F)c(F)cc1F. The molecule has 0 saturated carbocycles. The molecule has 0 bridgehead atoms. The van der Waals surface area contributed by atoms with Crippen LogP contribution in [-0.4, -0.2) is 0 Å². The van der Waals surface area contributed by atoms with Gasteiger partial charge in [0.25, 0.3) is 0 Å². The summed E-state index contributed by atoms with van der Waals surface area (Å²) in [6.45, 7) is 0. The molecule has 1 heterocycles. The van der Waals surface area contributed by atoms with E-state index in [4.69, 9.17) is 10.2 Å². The minimum absolute atomic E-state index is 0.161. The van der Waals surface area contributed by atoms with E-state index in [-0.39, 0.29) is 11.3 Å². The lowest BCUT2D eigenvalue weighted by Gasteiger charge is -2.10. The van der Waals surface area contributed by atoms with E-state index in [1.165, 1.54) is 6.07 Å². The molecular formula is C11H7BrF3NO. The first-order valence-corrected chi connectivity index (χ1v) is 5.43. The van der Waals surface area contributed by atoms with Gasteiger partial charge in [-0.1, -0.05) is 0 Å². The molecular weight excluding hydrogens is 299 g/mol. The van der Waals surface area contributed by atoms with E-state index in [0.29, 0.717) is 10.7 Å². The zero-order valence-corrected chi connectivity index (χ0v) is 9.97. The minimum Gasteiger partial charge on any atom is -0.452 e. The molecule has 0 saturated heterocycles.